The second kappa shape index (κ2) is 8.14. The SMILES string of the molecule is CCCNC(=O)CN(C)c1cc(C(=O)OCC)ccc1N. The fraction of sp³-hybridized carbons (Fsp3) is 0.467. The van der Waals surface area contributed by atoms with Gasteiger partial charge in [-0.15, -0.1) is 0 Å². The largest absolute Gasteiger partial charge is 0.462 e. The molecular weight excluding hydrogens is 270 g/mol. The van der Waals surface area contributed by atoms with Gasteiger partial charge in [0.05, 0.1) is 30.1 Å². The highest BCUT2D eigenvalue weighted by Gasteiger charge is 2.14. The van der Waals surface area contributed by atoms with Crippen molar-refractivity contribution in [3.8, 4) is 0 Å². The number of carbonyl (C=O) groups is 2. The van der Waals surface area contributed by atoms with Gasteiger partial charge in [-0.1, -0.05) is 6.92 Å². The maximum absolute atomic E-state index is 11.7. The molecule has 6 heteroatoms. The van der Waals surface area contributed by atoms with Gasteiger partial charge < -0.3 is 20.7 Å². The smallest absolute Gasteiger partial charge is 0.338 e. The number of amides is 1. The summed E-state index contributed by atoms with van der Waals surface area (Å²) in [6.45, 7) is 4.88. The highest BCUT2D eigenvalue weighted by Crippen LogP contribution is 2.23. The van der Waals surface area contributed by atoms with Crippen LogP contribution in [0.15, 0.2) is 18.2 Å². The molecule has 0 aliphatic carbocycles. The Balaban J connectivity index is 2.83. The zero-order valence-corrected chi connectivity index (χ0v) is 12.8. The van der Waals surface area contributed by atoms with Crippen LogP contribution in [0, 0.1) is 0 Å². The first-order valence-corrected chi connectivity index (χ1v) is 7.04. The summed E-state index contributed by atoms with van der Waals surface area (Å²) in [4.78, 5) is 25.2. The molecule has 0 saturated heterocycles. The first kappa shape index (κ1) is 16.8. The van der Waals surface area contributed by atoms with Gasteiger partial charge in [0.15, 0.2) is 0 Å². The number of nitrogens with one attached hydrogen (secondary N) is 1. The van der Waals surface area contributed by atoms with Gasteiger partial charge in [-0.3, -0.25) is 4.79 Å². The van der Waals surface area contributed by atoms with Crippen LogP contribution in [0.2, 0.25) is 0 Å². The third-order valence-corrected chi connectivity index (χ3v) is 2.91. The van der Waals surface area contributed by atoms with Crippen LogP contribution in [-0.2, 0) is 9.53 Å². The summed E-state index contributed by atoms with van der Waals surface area (Å²) < 4.78 is 4.96. The standard InChI is InChI=1S/C15H23N3O3/c1-4-8-17-14(19)10-18(3)13-9-11(6-7-12(13)16)15(20)21-5-2/h6-7,9H,4-5,8,10,16H2,1-3H3,(H,17,19). The molecule has 0 atom stereocenters. The van der Waals surface area contributed by atoms with Crippen molar-refractivity contribution in [1.82, 2.24) is 5.32 Å². The Labute approximate surface area is 125 Å². The summed E-state index contributed by atoms with van der Waals surface area (Å²) in [5, 5.41) is 2.80. The lowest BCUT2D eigenvalue weighted by Gasteiger charge is -2.21. The molecule has 1 rings (SSSR count). The van der Waals surface area contributed by atoms with Crippen LogP contribution in [0.4, 0.5) is 11.4 Å². The second-order valence-corrected chi connectivity index (χ2v) is 4.70. The molecule has 0 heterocycles. The summed E-state index contributed by atoms with van der Waals surface area (Å²) in [6.07, 6.45) is 0.885. The van der Waals surface area contributed by atoms with E-state index in [9.17, 15) is 9.59 Å². The minimum Gasteiger partial charge on any atom is -0.462 e. The molecule has 0 fully saturated rings. The van der Waals surface area contributed by atoms with Gasteiger partial charge in [-0.25, -0.2) is 4.79 Å². The quantitative estimate of drug-likeness (QED) is 0.586. The topological polar surface area (TPSA) is 84.7 Å². The number of esters is 1. The fourth-order valence-electron chi connectivity index (χ4n) is 1.84. The maximum atomic E-state index is 11.7. The number of nitrogens with zero attached hydrogens (tertiary/aromatic N) is 1. The van der Waals surface area contributed by atoms with Gasteiger partial charge in [0, 0.05) is 13.6 Å². The van der Waals surface area contributed by atoms with Crippen LogP contribution >= 0.6 is 0 Å². The number of benzene rings is 1. The number of nitrogen functional groups attached to an aromatic ring is 1. The molecule has 1 aromatic rings. The molecule has 0 unspecified atom stereocenters. The van der Waals surface area contributed by atoms with Crippen LogP contribution in [0.3, 0.4) is 0 Å². The number of hydrogen-bond acceptors (Lipinski definition) is 5. The van der Waals surface area contributed by atoms with Crippen molar-refractivity contribution in [2.24, 2.45) is 0 Å². The van der Waals surface area contributed by atoms with Crippen molar-refractivity contribution in [1.29, 1.82) is 0 Å². The van der Waals surface area contributed by atoms with Crippen molar-refractivity contribution in [2.75, 3.05) is 37.4 Å². The second-order valence-electron chi connectivity index (χ2n) is 4.70. The van der Waals surface area contributed by atoms with Crippen LogP contribution in [0.25, 0.3) is 0 Å². The lowest BCUT2D eigenvalue weighted by molar-refractivity contribution is -0.119. The highest BCUT2D eigenvalue weighted by molar-refractivity contribution is 5.92. The fourth-order valence-corrected chi connectivity index (χ4v) is 1.84. The predicted molar refractivity (Wildman–Crippen MR) is 83.4 cm³/mol. The molecule has 0 spiro atoms. The summed E-state index contributed by atoms with van der Waals surface area (Å²) >= 11 is 0. The Morgan fingerprint density at radius 3 is 2.67 bits per heavy atom. The summed E-state index contributed by atoms with van der Waals surface area (Å²) in [7, 11) is 1.76. The van der Waals surface area contributed by atoms with Gasteiger partial charge in [0.2, 0.25) is 5.91 Å². The van der Waals surface area contributed by atoms with Crippen LogP contribution in [0.5, 0.6) is 0 Å². The molecule has 0 bridgehead atoms. The van der Waals surface area contributed by atoms with E-state index < -0.39 is 5.97 Å². The minimum atomic E-state index is -0.400. The Morgan fingerprint density at radius 1 is 1.33 bits per heavy atom. The van der Waals surface area contributed by atoms with E-state index in [-0.39, 0.29) is 12.5 Å². The molecule has 1 amide bonds. The van der Waals surface area contributed by atoms with E-state index in [0.29, 0.717) is 30.1 Å². The monoisotopic (exact) mass is 293 g/mol. The van der Waals surface area contributed by atoms with Gasteiger partial charge in [0.25, 0.3) is 0 Å². The van der Waals surface area contributed by atoms with Gasteiger partial charge in [0.1, 0.15) is 0 Å². The molecule has 0 aliphatic rings. The number of ether oxygens (including phenoxy) is 1. The molecule has 0 aromatic heterocycles. The zero-order chi connectivity index (χ0) is 15.8. The van der Waals surface area contributed by atoms with Gasteiger partial charge >= 0.3 is 5.97 Å². The van der Waals surface area contributed by atoms with Crippen LogP contribution < -0.4 is 16.0 Å². The molecule has 0 radical (unpaired) electrons. The molecule has 0 saturated carbocycles. The average Bonchev–Trinajstić information content (AvgIpc) is 2.45. The van der Waals surface area contributed by atoms with Crippen molar-refractivity contribution in [3.05, 3.63) is 23.8 Å². The lowest BCUT2D eigenvalue weighted by atomic mass is 10.1. The molecule has 1 aromatic carbocycles. The Morgan fingerprint density at radius 2 is 2.05 bits per heavy atom. The minimum absolute atomic E-state index is 0.0831. The van der Waals surface area contributed by atoms with Gasteiger partial charge in [-0.05, 0) is 31.5 Å². The van der Waals surface area contributed by atoms with E-state index >= 15 is 0 Å². The maximum Gasteiger partial charge on any atom is 0.338 e. The zero-order valence-electron chi connectivity index (χ0n) is 12.8. The first-order chi connectivity index (χ1) is 9.99. The number of carbonyl (C=O) groups excluding carboxylic acids is 2. The Kier molecular flexibility index (Phi) is 6.52. The predicted octanol–water partition coefficient (Wildman–Crippen LogP) is 1.41. The summed E-state index contributed by atoms with van der Waals surface area (Å²) in [5.41, 5.74) is 7.47. The van der Waals surface area contributed by atoms with Crippen molar-refractivity contribution in [2.45, 2.75) is 20.3 Å². The Bertz CT molecular complexity index is 503. The number of nitrogens with two attached hydrogens (primary N) is 1. The molecule has 6 nitrogen and oxygen atoms in total. The summed E-state index contributed by atoms with van der Waals surface area (Å²) in [6, 6.07) is 4.89. The van der Waals surface area contributed by atoms with Crippen molar-refractivity contribution >= 4 is 23.3 Å². The van der Waals surface area contributed by atoms with Gasteiger partial charge in [-0.2, -0.15) is 0 Å². The number of rotatable bonds is 7. The molecule has 0 aliphatic heterocycles. The summed E-state index contributed by atoms with van der Waals surface area (Å²) in [5.74, 6) is -0.483. The first-order valence-electron chi connectivity index (χ1n) is 7.04. The number of hydrogen-bond donors (Lipinski definition) is 2. The molecule has 21 heavy (non-hydrogen) atoms. The lowest BCUT2D eigenvalue weighted by Crippen LogP contribution is -2.35. The molecule has 116 valence electrons. The Hall–Kier alpha value is -2.24. The number of likely N-dealkylation sites (N-methyl/N-ethyl adjacent to an activating group) is 1. The van der Waals surface area contributed by atoms with Crippen LogP contribution in [-0.4, -0.2) is 38.6 Å². The normalized spacial score (nSPS) is 10.0. The van der Waals surface area contributed by atoms with E-state index in [1.54, 1.807) is 37.1 Å². The third kappa shape index (κ3) is 4.98. The molecule has 3 N–H and O–H groups in total. The van der Waals surface area contributed by atoms with E-state index in [1.807, 2.05) is 6.92 Å². The van der Waals surface area contributed by atoms with E-state index in [4.69, 9.17) is 10.5 Å². The van der Waals surface area contributed by atoms with E-state index in [1.165, 1.54) is 0 Å². The number of anilines is 2. The van der Waals surface area contributed by atoms with Crippen molar-refractivity contribution < 1.29 is 14.3 Å². The molecular formula is C15H23N3O3. The average molecular weight is 293 g/mol. The van der Waals surface area contributed by atoms with E-state index in [0.717, 1.165) is 6.42 Å². The van der Waals surface area contributed by atoms with Crippen molar-refractivity contribution in [3.63, 3.8) is 0 Å². The van der Waals surface area contributed by atoms with Crippen LogP contribution in [0.1, 0.15) is 30.6 Å². The third-order valence-electron chi connectivity index (χ3n) is 2.91. The highest BCUT2D eigenvalue weighted by atomic mass is 16.5. The van der Waals surface area contributed by atoms with E-state index in [2.05, 4.69) is 5.32 Å².